The van der Waals surface area contributed by atoms with Crippen molar-refractivity contribution in [3.63, 3.8) is 0 Å². The lowest BCUT2D eigenvalue weighted by Gasteiger charge is -2.09. The van der Waals surface area contributed by atoms with Crippen molar-refractivity contribution in [2.24, 2.45) is 0 Å². The van der Waals surface area contributed by atoms with Gasteiger partial charge in [0.05, 0.1) is 5.56 Å². The van der Waals surface area contributed by atoms with E-state index in [0.29, 0.717) is 17.2 Å². The van der Waals surface area contributed by atoms with Crippen LogP contribution in [0.2, 0.25) is 0 Å². The molecule has 0 atom stereocenters. The van der Waals surface area contributed by atoms with Crippen LogP contribution in [0.3, 0.4) is 0 Å². The zero-order valence-corrected chi connectivity index (χ0v) is 8.97. The van der Waals surface area contributed by atoms with Crippen molar-refractivity contribution >= 4 is 17.6 Å². The highest BCUT2D eigenvalue weighted by Gasteiger charge is 2.11. The lowest BCUT2D eigenvalue weighted by molar-refractivity contribution is 0.0696. The van der Waals surface area contributed by atoms with Gasteiger partial charge in [0.1, 0.15) is 0 Å². The molecule has 0 aliphatic rings. The molecule has 0 spiro atoms. The number of imidazole rings is 1. The summed E-state index contributed by atoms with van der Waals surface area (Å²) in [6, 6.07) is 6.66. The predicted molar refractivity (Wildman–Crippen MR) is 64.6 cm³/mol. The van der Waals surface area contributed by atoms with Crippen molar-refractivity contribution in [1.82, 2.24) is 9.97 Å². The number of nitrogens with one attached hydrogen (secondary N) is 2. The number of carboxylic acids is 1. The van der Waals surface area contributed by atoms with Crippen LogP contribution in [0.4, 0.5) is 5.95 Å². The van der Waals surface area contributed by atoms with Crippen LogP contribution in [0.5, 0.6) is 0 Å². The van der Waals surface area contributed by atoms with Crippen LogP contribution in [0.25, 0.3) is 5.70 Å². The molecule has 0 bridgehead atoms. The summed E-state index contributed by atoms with van der Waals surface area (Å²) in [6.07, 6.45) is 3.26. The number of rotatable bonds is 4. The molecule has 0 amide bonds. The molecule has 5 heteroatoms. The van der Waals surface area contributed by atoms with Gasteiger partial charge in [-0.25, -0.2) is 9.78 Å². The van der Waals surface area contributed by atoms with Gasteiger partial charge in [-0.3, -0.25) is 0 Å². The Kier molecular flexibility index (Phi) is 2.91. The van der Waals surface area contributed by atoms with Gasteiger partial charge < -0.3 is 15.4 Å². The largest absolute Gasteiger partial charge is 0.478 e. The van der Waals surface area contributed by atoms with E-state index in [2.05, 4.69) is 21.9 Å². The van der Waals surface area contributed by atoms with E-state index in [1.54, 1.807) is 30.6 Å². The monoisotopic (exact) mass is 229 g/mol. The van der Waals surface area contributed by atoms with Crippen LogP contribution >= 0.6 is 0 Å². The molecule has 0 aliphatic carbocycles. The molecule has 86 valence electrons. The first kappa shape index (κ1) is 10.9. The zero-order chi connectivity index (χ0) is 12.3. The van der Waals surface area contributed by atoms with Gasteiger partial charge in [0.15, 0.2) is 0 Å². The third-order valence-corrected chi connectivity index (χ3v) is 2.25. The molecule has 2 rings (SSSR count). The first-order chi connectivity index (χ1) is 8.18. The fraction of sp³-hybridized carbons (Fsp3) is 0. The topological polar surface area (TPSA) is 78.0 Å². The molecule has 1 aromatic heterocycles. The number of carbonyl (C=O) groups is 1. The molecule has 1 heterocycles. The number of hydrogen-bond donors (Lipinski definition) is 3. The van der Waals surface area contributed by atoms with Crippen molar-refractivity contribution in [2.45, 2.75) is 0 Å². The lowest BCUT2D eigenvalue weighted by atomic mass is 10.1. The van der Waals surface area contributed by atoms with E-state index in [9.17, 15) is 4.79 Å². The smallest absolute Gasteiger partial charge is 0.336 e. The summed E-state index contributed by atoms with van der Waals surface area (Å²) in [4.78, 5) is 17.9. The highest BCUT2D eigenvalue weighted by molar-refractivity contribution is 5.95. The fourth-order valence-corrected chi connectivity index (χ4v) is 1.48. The molecule has 2 aromatic rings. The maximum Gasteiger partial charge on any atom is 0.336 e. The summed E-state index contributed by atoms with van der Waals surface area (Å²) >= 11 is 0. The molecular weight excluding hydrogens is 218 g/mol. The summed E-state index contributed by atoms with van der Waals surface area (Å²) < 4.78 is 0. The Morgan fingerprint density at radius 3 is 2.65 bits per heavy atom. The normalized spacial score (nSPS) is 9.88. The Balaban J connectivity index is 2.28. The van der Waals surface area contributed by atoms with Crippen LogP contribution in [-0.2, 0) is 0 Å². The molecule has 0 radical (unpaired) electrons. The van der Waals surface area contributed by atoms with Crippen LogP contribution in [0.1, 0.15) is 15.9 Å². The summed E-state index contributed by atoms with van der Waals surface area (Å²) in [5.74, 6) is -0.460. The average Bonchev–Trinajstić information content (AvgIpc) is 2.81. The second-order valence-corrected chi connectivity index (χ2v) is 3.39. The highest BCUT2D eigenvalue weighted by Crippen LogP contribution is 2.18. The average molecular weight is 229 g/mol. The van der Waals surface area contributed by atoms with E-state index < -0.39 is 5.97 Å². The zero-order valence-electron chi connectivity index (χ0n) is 8.97. The molecule has 17 heavy (non-hydrogen) atoms. The van der Waals surface area contributed by atoms with Crippen molar-refractivity contribution in [3.05, 3.63) is 54.4 Å². The SMILES string of the molecule is C=C(Nc1ncc[nH]1)c1ccccc1C(=O)O. The Morgan fingerprint density at radius 1 is 1.35 bits per heavy atom. The molecule has 5 nitrogen and oxygen atoms in total. The van der Waals surface area contributed by atoms with Crippen LogP contribution in [-0.4, -0.2) is 21.0 Å². The molecule has 0 saturated heterocycles. The van der Waals surface area contributed by atoms with Crippen LogP contribution in [0, 0.1) is 0 Å². The Bertz CT molecular complexity index is 547. The number of hydrogen-bond acceptors (Lipinski definition) is 3. The Morgan fingerprint density at radius 2 is 2.06 bits per heavy atom. The third kappa shape index (κ3) is 2.34. The van der Waals surface area contributed by atoms with Crippen molar-refractivity contribution in [2.75, 3.05) is 5.32 Å². The lowest BCUT2D eigenvalue weighted by Crippen LogP contribution is -2.06. The second kappa shape index (κ2) is 4.52. The number of benzene rings is 1. The van der Waals surface area contributed by atoms with Crippen LogP contribution in [0.15, 0.2) is 43.2 Å². The number of nitrogens with zero attached hydrogens (tertiary/aromatic N) is 1. The number of aromatic amines is 1. The minimum absolute atomic E-state index is 0.205. The first-order valence-electron chi connectivity index (χ1n) is 4.96. The molecule has 1 aromatic carbocycles. The van der Waals surface area contributed by atoms with Gasteiger partial charge in [-0.1, -0.05) is 24.8 Å². The van der Waals surface area contributed by atoms with Crippen LogP contribution < -0.4 is 5.32 Å². The summed E-state index contributed by atoms with van der Waals surface area (Å²) in [5.41, 5.74) is 1.23. The van der Waals surface area contributed by atoms with E-state index >= 15 is 0 Å². The number of aromatic carboxylic acids is 1. The van der Waals surface area contributed by atoms with E-state index in [-0.39, 0.29) is 5.56 Å². The fourth-order valence-electron chi connectivity index (χ4n) is 1.48. The summed E-state index contributed by atoms with van der Waals surface area (Å²) in [7, 11) is 0. The summed E-state index contributed by atoms with van der Waals surface area (Å²) in [6.45, 7) is 3.81. The Labute approximate surface area is 97.8 Å². The van der Waals surface area contributed by atoms with Gasteiger partial charge in [-0.05, 0) is 6.07 Å². The molecular formula is C12H11N3O2. The van der Waals surface area contributed by atoms with E-state index in [1.807, 2.05) is 0 Å². The third-order valence-electron chi connectivity index (χ3n) is 2.25. The predicted octanol–water partition coefficient (Wildman–Crippen LogP) is 2.19. The van der Waals surface area contributed by atoms with Crippen molar-refractivity contribution in [1.29, 1.82) is 0 Å². The molecule has 0 unspecified atom stereocenters. The number of H-pyrrole nitrogens is 1. The number of anilines is 1. The minimum atomic E-state index is -0.983. The van der Waals surface area contributed by atoms with Crippen molar-refractivity contribution < 1.29 is 9.90 Å². The van der Waals surface area contributed by atoms with Gasteiger partial charge in [-0.15, -0.1) is 0 Å². The molecule has 0 fully saturated rings. The second-order valence-electron chi connectivity index (χ2n) is 3.39. The molecule has 3 N–H and O–H groups in total. The minimum Gasteiger partial charge on any atom is -0.478 e. The van der Waals surface area contributed by atoms with Gasteiger partial charge >= 0.3 is 5.97 Å². The van der Waals surface area contributed by atoms with Gasteiger partial charge in [0, 0.05) is 23.7 Å². The standard InChI is InChI=1S/C12H11N3O2/c1-8(15-12-13-6-7-14-12)9-4-2-3-5-10(9)11(16)17/h2-7H,1H2,(H,16,17)(H2,13,14,15). The van der Waals surface area contributed by atoms with E-state index in [4.69, 9.17) is 5.11 Å². The van der Waals surface area contributed by atoms with Gasteiger partial charge in [-0.2, -0.15) is 0 Å². The molecule has 0 saturated carbocycles. The van der Waals surface area contributed by atoms with E-state index in [0.717, 1.165) is 0 Å². The highest BCUT2D eigenvalue weighted by atomic mass is 16.4. The first-order valence-corrected chi connectivity index (χ1v) is 4.96. The Hall–Kier alpha value is -2.56. The van der Waals surface area contributed by atoms with Crippen molar-refractivity contribution in [3.8, 4) is 0 Å². The molecule has 0 aliphatic heterocycles. The van der Waals surface area contributed by atoms with Gasteiger partial charge in [0.25, 0.3) is 0 Å². The maximum absolute atomic E-state index is 11.0. The number of aromatic nitrogens is 2. The quantitative estimate of drug-likeness (QED) is 0.751. The van der Waals surface area contributed by atoms with E-state index in [1.165, 1.54) is 6.07 Å². The number of carboxylic acid groups (broad SMARTS) is 1. The van der Waals surface area contributed by atoms with Gasteiger partial charge in [0.2, 0.25) is 5.95 Å². The summed E-state index contributed by atoms with van der Waals surface area (Å²) in [5, 5.41) is 12.0. The maximum atomic E-state index is 11.0.